The van der Waals surface area contributed by atoms with E-state index < -0.39 is 19.5 Å². The molecule has 0 fully saturated rings. The lowest BCUT2D eigenvalue weighted by Gasteiger charge is -2.25. The Morgan fingerprint density at radius 3 is 1.82 bits per heavy atom. The average Bonchev–Trinajstić information content (AvgIpc) is 1.96. The number of carboxylic acid groups (broad SMARTS) is 1. The van der Waals surface area contributed by atoms with Crippen LogP contribution in [0.5, 0.6) is 0 Å². The molecule has 0 spiro atoms. The lowest BCUT2D eigenvalue weighted by atomic mass is 10.2. The largest absolute Gasteiger partial charge is 0.481 e. The van der Waals surface area contributed by atoms with Gasteiger partial charge in [0.15, 0.2) is 3.79 Å². The summed E-state index contributed by atoms with van der Waals surface area (Å²) < 4.78 is -2.75. The molecular weight excluding hydrogens is 357 g/mol. The predicted molar refractivity (Wildman–Crippen MR) is 74.0 cm³/mol. The predicted octanol–water partition coefficient (Wildman–Crippen LogP) is 4.00. The van der Waals surface area contributed by atoms with Gasteiger partial charge in [0.2, 0.25) is 0 Å². The molecule has 2 N–H and O–H groups in total. The standard InChI is InChI=1S/C6H8Cl6O.C2H4O2/c7-4(2-13)1-5(8,9)3-6(10,11)12;1-2(3)4/h4,13H,1-3H2;1H3,(H,3,4). The van der Waals surface area contributed by atoms with Crippen molar-refractivity contribution in [1.82, 2.24) is 0 Å². The first-order chi connectivity index (χ1) is 7.39. The second-order valence-corrected chi connectivity index (χ2v) is 7.92. The number of hydrogen-bond donors (Lipinski definition) is 2. The Morgan fingerprint density at radius 2 is 1.59 bits per heavy atom. The van der Waals surface area contributed by atoms with E-state index in [1.807, 2.05) is 0 Å². The average molecular weight is 369 g/mol. The van der Waals surface area contributed by atoms with E-state index in [1.165, 1.54) is 0 Å². The first-order valence-corrected chi connectivity index (χ1v) is 6.61. The minimum Gasteiger partial charge on any atom is -0.481 e. The number of aliphatic hydroxyl groups is 1. The Balaban J connectivity index is 0. The number of carboxylic acids is 1. The first-order valence-electron chi connectivity index (χ1n) is 4.28. The zero-order valence-corrected chi connectivity index (χ0v) is 13.3. The molecule has 0 aliphatic rings. The van der Waals surface area contributed by atoms with Crippen molar-refractivity contribution in [3.63, 3.8) is 0 Å². The molecule has 0 aliphatic heterocycles. The van der Waals surface area contributed by atoms with Crippen LogP contribution in [-0.2, 0) is 4.79 Å². The van der Waals surface area contributed by atoms with Crippen molar-refractivity contribution in [2.75, 3.05) is 6.61 Å². The fourth-order valence-electron chi connectivity index (χ4n) is 0.754. The van der Waals surface area contributed by atoms with Crippen molar-refractivity contribution in [2.45, 2.75) is 33.3 Å². The molecule has 0 bridgehead atoms. The minimum absolute atomic E-state index is 0.0446. The number of halogens is 6. The van der Waals surface area contributed by atoms with Gasteiger partial charge in [0.1, 0.15) is 4.33 Å². The number of aliphatic carboxylic acids is 1. The third-order valence-corrected chi connectivity index (χ3v) is 2.45. The van der Waals surface area contributed by atoms with E-state index in [2.05, 4.69) is 0 Å². The summed E-state index contributed by atoms with van der Waals surface area (Å²) >= 11 is 33.8. The third kappa shape index (κ3) is 19.7. The molecule has 0 saturated carbocycles. The van der Waals surface area contributed by atoms with Crippen LogP contribution in [0.25, 0.3) is 0 Å². The number of carbonyl (C=O) groups is 1. The molecular formula is C8H12Cl6O3. The summed E-state index contributed by atoms with van der Waals surface area (Å²) in [5.41, 5.74) is 0. The van der Waals surface area contributed by atoms with Crippen LogP contribution in [0.2, 0.25) is 0 Å². The fourth-order valence-corrected chi connectivity index (χ4v) is 3.04. The molecule has 0 aliphatic carbocycles. The van der Waals surface area contributed by atoms with Crippen LogP contribution < -0.4 is 0 Å². The Bertz CT molecular complexity index is 224. The zero-order valence-electron chi connectivity index (χ0n) is 8.77. The molecule has 0 aromatic carbocycles. The van der Waals surface area contributed by atoms with Gasteiger partial charge in [0.05, 0.1) is 12.0 Å². The number of aliphatic hydroxyl groups excluding tert-OH is 1. The van der Waals surface area contributed by atoms with Crippen molar-refractivity contribution < 1.29 is 15.0 Å². The van der Waals surface area contributed by atoms with E-state index in [1.54, 1.807) is 0 Å². The third-order valence-electron chi connectivity index (χ3n) is 1.18. The highest BCUT2D eigenvalue weighted by Crippen LogP contribution is 2.43. The van der Waals surface area contributed by atoms with Gasteiger partial charge >= 0.3 is 0 Å². The van der Waals surface area contributed by atoms with Gasteiger partial charge in [-0.15, -0.1) is 34.8 Å². The molecule has 0 radical (unpaired) electrons. The monoisotopic (exact) mass is 366 g/mol. The highest BCUT2D eigenvalue weighted by Gasteiger charge is 2.36. The van der Waals surface area contributed by atoms with Crippen LogP contribution in [0.1, 0.15) is 19.8 Å². The van der Waals surface area contributed by atoms with Crippen LogP contribution in [-0.4, -0.2) is 36.3 Å². The van der Waals surface area contributed by atoms with Crippen LogP contribution >= 0.6 is 69.6 Å². The van der Waals surface area contributed by atoms with Crippen LogP contribution in [0, 0.1) is 0 Å². The summed E-state index contributed by atoms with van der Waals surface area (Å²) in [5.74, 6) is -0.833. The summed E-state index contributed by atoms with van der Waals surface area (Å²) in [7, 11) is 0. The number of rotatable bonds is 4. The highest BCUT2D eigenvalue weighted by atomic mass is 35.6. The molecule has 1 atom stereocenters. The van der Waals surface area contributed by atoms with Crippen molar-refractivity contribution in [3.8, 4) is 0 Å². The van der Waals surface area contributed by atoms with Gasteiger partial charge in [-0.3, -0.25) is 4.79 Å². The molecule has 0 heterocycles. The number of alkyl halides is 6. The van der Waals surface area contributed by atoms with Crippen LogP contribution in [0.4, 0.5) is 0 Å². The van der Waals surface area contributed by atoms with Gasteiger partial charge < -0.3 is 10.2 Å². The molecule has 0 aromatic rings. The summed E-state index contributed by atoms with van der Waals surface area (Å²) in [6, 6.07) is 0. The maximum absolute atomic E-state index is 9.00. The molecule has 0 saturated heterocycles. The smallest absolute Gasteiger partial charge is 0.300 e. The van der Waals surface area contributed by atoms with E-state index in [-0.39, 0.29) is 19.4 Å². The normalized spacial score (nSPS) is 13.6. The SMILES string of the molecule is CC(=O)O.OCC(Cl)CC(Cl)(Cl)CC(Cl)(Cl)Cl. The van der Waals surface area contributed by atoms with Crippen molar-refractivity contribution in [3.05, 3.63) is 0 Å². The Labute approximate surface area is 130 Å². The highest BCUT2D eigenvalue weighted by molar-refractivity contribution is 6.68. The molecule has 104 valence electrons. The van der Waals surface area contributed by atoms with Gasteiger partial charge in [-0.25, -0.2) is 0 Å². The van der Waals surface area contributed by atoms with Crippen LogP contribution in [0.15, 0.2) is 0 Å². The minimum atomic E-state index is -1.52. The summed E-state index contributed by atoms with van der Waals surface area (Å²) in [6.07, 6.45) is 0.110. The van der Waals surface area contributed by atoms with Gasteiger partial charge in [-0.2, -0.15) is 0 Å². The summed E-state index contributed by atoms with van der Waals surface area (Å²) in [5, 5.41) is 15.5. The van der Waals surface area contributed by atoms with Gasteiger partial charge in [0.25, 0.3) is 5.97 Å². The Hall–Kier alpha value is 1.17. The Morgan fingerprint density at radius 1 is 1.24 bits per heavy atom. The first kappa shape index (κ1) is 20.5. The van der Waals surface area contributed by atoms with Crippen LogP contribution in [0.3, 0.4) is 0 Å². The van der Waals surface area contributed by atoms with Gasteiger partial charge in [-0.1, -0.05) is 34.8 Å². The van der Waals surface area contributed by atoms with E-state index in [9.17, 15) is 0 Å². The summed E-state index contributed by atoms with van der Waals surface area (Å²) in [6.45, 7) is 0.864. The summed E-state index contributed by atoms with van der Waals surface area (Å²) in [4.78, 5) is 9.00. The van der Waals surface area contributed by atoms with Gasteiger partial charge in [0, 0.05) is 13.3 Å². The maximum atomic E-state index is 9.00. The number of hydrogen-bond acceptors (Lipinski definition) is 2. The molecule has 3 nitrogen and oxygen atoms in total. The van der Waals surface area contributed by atoms with Crippen molar-refractivity contribution in [1.29, 1.82) is 0 Å². The van der Waals surface area contributed by atoms with E-state index >= 15 is 0 Å². The quantitative estimate of drug-likeness (QED) is 0.737. The maximum Gasteiger partial charge on any atom is 0.300 e. The van der Waals surface area contributed by atoms with E-state index in [0.717, 1.165) is 6.92 Å². The molecule has 1 unspecified atom stereocenters. The molecule has 0 amide bonds. The van der Waals surface area contributed by atoms with E-state index in [0.29, 0.717) is 0 Å². The lowest BCUT2D eigenvalue weighted by molar-refractivity contribution is -0.134. The molecule has 17 heavy (non-hydrogen) atoms. The molecule has 0 aromatic heterocycles. The van der Waals surface area contributed by atoms with Gasteiger partial charge in [-0.05, 0) is 6.42 Å². The fraction of sp³-hybridized carbons (Fsp3) is 0.875. The second-order valence-electron chi connectivity index (χ2n) is 3.15. The molecule has 0 rings (SSSR count). The van der Waals surface area contributed by atoms with E-state index in [4.69, 9.17) is 84.6 Å². The second kappa shape index (κ2) is 9.13. The van der Waals surface area contributed by atoms with Crippen molar-refractivity contribution in [2.24, 2.45) is 0 Å². The zero-order chi connectivity index (χ0) is 14.3. The topological polar surface area (TPSA) is 57.5 Å². The lowest BCUT2D eigenvalue weighted by Crippen LogP contribution is -2.26. The molecule has 9 heteroatoms. The Kier molecular flexibility index (Phi) is 11.0. The van der Waals surface area contributed by atoms with Crippen molar-refractivity contribution >= 4 is 75.6 Å².